The molecule has 1 aliphatic carbocycles. The summed E-state index contributed by atoms with van der Waals surface area (Å²) in [6.45, 7) is 0. The number of ketones is 1. The van der Waals surface area contributed by atoms with E-state index in [1.54, 1.807) is 11.6 Å². The number of allylic oxidation sites excluding steroid dienone is 2. The molecule has 1 heterocycles. The lowest BCUT2D eigenvalue weighted by molar-refractivity contribution is -0.123. The summed E-state index contributed by atoms with van der Waals surface area (Å²) in [5, 5.41) is 17.8. The average molecular weight is 306 g/mol. The molecular formula is C18H18N4O. The van der Waals surface area contributed by atoms with E-state index < -0.39 is 5.92 Å². The topological polar surface area (TPSA) is 71.6 Å². The standard InChI is InChI=1S/C18H18N4O/c1-22-17(14-10-6-3-7-11-14)20-21-18(22)15(12-19)16(23)13-8-4-2-5-9-13/h2-4,6-7,10-11,13,15H,5,8-9H2,1H3/t13-,15+/m1/s1. The molecule has 0 fully saturated rings. The highest BCUT2D eigenvalue weighted by atomic mass is 16.1. The van der Waals surface area contributed by atoms with Crippen LogP contribution in [0.1, 0.15) is 31.0 Å². The number of carbonyl (C=O) groups excluding carboxylic acids is 1. The van der Waals surface area contributed by atoms with E-state index in [0.717, 1.165) is 18.4 Å². The molecule has 3 rings (SSSR count). The lowest BCUT2D eigenvalue weighted by atomic mass is 9.84. The second-order valence-electron chi connectivity index (χ2n) is 5.75. The molecule has 5 heteroatoms. The van der Waals surface area contributed by atoms with Crippen LogP contribution in [0.25, 0.3) is 11.4 Å². The third-order valence-corrected chi connectivity index (χ3v) is 4.28. The van der Waals surface area contributed by atoms with E-state index in [4.69, 9.17) is 0 Å². The van der Waals surface area contributed by atoms with E-state index >= 15 is 0 Å². The molecular weight excluding hydrogens is 288 g/mol. The Hall–Kier alpha value is -2.74. The van der Waals surface area contributed by atoms with Gasteiger partial charge in [0.15, 0.2) is 23.3 Å². The quantitative estimate of drug-likeness (QED) is 0.814. The van der Waals surface area contributed by atoms with Gasteiger partial charge < -0.3 is 4.57 Å². The summed E-state index contributed by atoms with van der Waals surface area (Å²) in [4.78, 5) is 12.7. The van der Waals surface area contributed by atoms with Crippen LogP contribution in [-0.4, -0.2) is 20.5 Å². The second-order valence-corrected chi connectivity index (χ2v) is 5.75. The Labute approximate surface area is 135 Å². The lowest BCUT2D eigenvalue weighted by Gasteiger charge is -2.18. The van der Waals surface area contributed by atoms with Gasteiger partial charge in [-0.15, -0.1) is 10.2 Å². The predicted molar refractivity (Wildman–Crippen MR) is 86.3 cm³/mol. The van der Waals surface area contributed by atoms with Crippen LogP contribution in [0.5, 0.6) is 0 Å². The van der Waals surface area contributed by atoms with Gasteiger partial charge in [-0.1, -0.05) is 42.5 Å². The van der Waals surface area contributed by atoms with E-state index in [0.29, 0.717) is 18.1 Å². The van der Waals surface area contributed by atoms with E-state index in [9.17, 15) is 10.1 Å². The Morgan fingerprint density at radius 1 is 1.30 bits per heavy atom. The fourth-order valence-electron chi connectivity index (χ4n) is 2.97. The molecule has 0 saturated heterocycles. The van der Waals surface area contributed by atoms with Gasteiger partial charge in [-0.25, -0.2) is 0 Å². The van der Waals surface area contributed by atoms with Crippen molar-refractivity contribution in [1.82, 2.24) is 14.8 Å². The van der Waals surface area contributed by atoms with Crippen molar-refractivity contribution >= 4 is 5.78 Å². The van der Waals surface area contributed by atoms with Crippen LogP contribution in [0.15, 0.2) is 42.5 Å². The van der Waals surface area contributed by atoms with Crippen molar-refractivity contribution in [2.24, 2.45) is 13.0 Å². The molecule has 116 valence electrons. The highest BCUT2D eigenvalue weighted by Crippen LogP contribution is 2.28. The number of nitriles is 1. The largest absolute Gasteiger partial charge is 0.313 e. The van der Waals surface area contributed by atoms with Crippen molar-refractivity contribution in [2.75, 3.05) is 0 Å². The van der Waals surface area contributed by atoms with Gasteiger partial charge in [-0.2, -0.15) is 5.26 Å². The zero-order chi connectivity index (χ0) is 16.2. The molecule has 0 spiro atoms. The first kappa shape index (κ1) is 15.2. The molecule has 1 aliphatic rings. The summed E-state index contributed by atoms with van der Waals surface area (Å²) >= 11 is 0. The Morgan fingerprint density at radius 2 is 2.09 bits per heavy atom. The van der Waals surface area contributed by atoms with Crippen LogP contribution >= 0.6 is 0 Å². The minimum atomic E-state index is -0.860. The van der Waals surface area contributed by atoms with Gasteiger partial charge in [0.05, 0.1) is 6.07 Å². The molecule has 0 aliphatic heterocycles. The van der Waals surface area contributed by atoms with Crippen LogP contribution in [-0.2, 0) is 11.8 Å². The van der Waals surface area contributed by atoms with Gasteiger partial charge in [-0.3, -0.25) is 4.79 Å². The number of carbonyl (C=O) groups is 1. The minimum Gasteiger partial charge on any atom is -0.313 e. The van der Waals surface area contributed by atoms with E-state index in [2.05, 4.69) is 22.3 Å². The number of hydrogen-bond donors (Lipinski definition) is 0. The number of aromatic nitrogens is 3. The number of hydrogen-bond acceptors (Lipinski definition) is 4. The molecule has 0 unspecified atom stereocenters. The average Bonchev–Trinajstić information content (AvgIpc) is 2.99. The molecule has 5 nitrogen and oxygen atoms in total. The minimum absolute atomic E-state index is 0.0491. The van der Waals surface area contributed by atoms with Crippen molar-refractivity contribution in [3.8, 4) is 17.5 Å². The summed E-state index contributed by atoms with van der Waals surface area (Å²) in [5.41, 5.74) is 0.915. The Morgan fingerprint density at radius 3 is 2.74 bits per heavy atom. The van der Waals surface area contributed by atoms with Crippen LogP contribution in [0, 0.1) is 17.2 Å². The van der Waals surface area contributed by atoms with Crippen molar-refractivity contribution in [2.45, 2.75) is 25.2 Å². The molecule has 1 aromatic heterocycles. The fourth-order valence-corrected chi connectivity index (χ4v) is 2.97. The van der Waals surface area contributed by atoms with Gasteiger partial charge in [0, 0.05) is 18.5 Å². The predicted octanol–water partition coefficient (Wildman–Crippen LogP) is 3.01. The van der Waals surface area contributed by atoms with Crippen molar-refractivity contribution in [1.29, 1.82) is 5.26 Å². The maximum absolute atomic E-state index is 12.7. The molecule has 2 atom stereocenters. The molecule has 1 aromatic carbocycles. The molecule has 0 amide bonds. The van der Waals surface area contributed by atoms with Crippen LogP contribution in [0.3, 0.4) is 0 Å². The van der Waals surface area contributed by atoms with Crippen LogP contribution < -0.4 is 0 Å². The zero-order valence-electron chi connectivity index (χ0n) is 13.0. The molecule has 2 aromatic rings. The van der Waals surface area contributed by atoms with Gasteiger partial charge in [-0.05, 0) is 19.3 Å². The molecule has 0 radical (unpaired) electrons. The highest BCUT2D eigenvalue weighted by Gasteiger charge is 2.32. The van der Waals surface area contributed by atoms with Gasteiger partial charge in [0.2, 0.25) is 0 Å². The van der Waals surface area contributed by atoms with Gasteiger partial charge >= 0.3 is 0 Å². The molecule has 0 saturated carbocycles. The SMILES string of the molecule is Cn1c(-c2ccccc2)nnc1[C@@H](C#N)C(=O)[C@@H]1CC=CCC1. The maximum atomic E-state index is 12.7. The second kappa shape index (κ2) is 6.57. The first-order chi connectivity index (χ1) is 11.2. The van der Waals surface area contributed by atoms with Crippen molar-refractivity contribution in [3.63, 3.8) is 0 Å². The van der Waals surface area contributed by atoms with Crippen LogP contribution in [0.2, 0.25) is 0 Å². The lowest BCUT2D eigenvalue weighted by Crippen LogP contribution is -2.24. The number of rotatable bonds is 4. The summed E-state index contributed by atoms with van der Waals surface area (Å²) < 4.78 is 1.75. The number of Topliss-reactive ketones (excluding diaryl/α,β-unsaturated/α-hetero) is 1. The fraction of sp³-hybridized carbons (Fsp3) is 0.333. The first-order valence-corrected chi connectivity index (χ1v) is 7.75. The zero-order valence-corrected chi connectivity index (χ0v) is 13.0. The Bertz CT molecular complexity index is 770. The Kier molecular flexibility index (Phi) is 4.33. The van der Waals surface area contributed by atoms with Gasteiger partial charge in [0.1, 0.15) is 0 Å². The summed E-state index contributed by atoms with van der Waals surface area (Å²) in [7, 11) is 1.80. The van der Waals surface area contributed by atoms with E-state index in [1.165, 1.54) is 0 Å². The molecule has 23 heavy (non-hydrogen) atoms. The summed E-state index contributed by atoms with van der Waals surface area (Å²) in [6, 6.07) is 11.8. The van der Waals surface area contributed by atoms with Crippen molar-refractivity contribution < 1.29 is 4.79 Å². The van der Waals surface area contributed by atoms with E-state index in [1.807, 2.05) is 36.4 Å². The summed E-state index contributed by atoms with van der Waals surface area (Å²) in [6.07, 6.45) is 6.51. The smallest absolute Gasteiger partial charge is 0.165 e. The molecule has 0 N–H and O–H groups in total. The number of nitrogens with zero attached hydrogens (tertiary/aromatic N) is 4. The molecule has 0 bridgehead atoms. The normalized spacial score (nSPS) is 18.3. The third kappa shape index (κ3) is 2.93. The van der Waals surface area contributed by atoms with Crippen molar-refractivity contribution in [3.05, 3.63) is 48.3 Å². The number of benzene rings is 1. The Balaban J connectivity index is 1.91. The monoisotopic (exact) mass is 306 g/mol. The van der Waals surface area contributed by atoms with Gasteiger partial charge in [0.25, 0.3) is 0 Å². The van der Waals surface area contributed by atoms with Crippen LogP contribution in [0.4, 0.5) is 0 Å². The third-order valence-electron chi connectivity index (χ3n) is 4.28. The maximum Gasteiger partial charge on any atom is 0.165 e. The van der Waals surface area contributed by atoms with E-state index in [-0.39, 0.29) is 11.7 Å². The first-order valence-electron chi connectivity index (χ1n) is 7.75. The highest BCUT2D eigenvalue weighted by molar-refractivity contribution is 5.90. The summed E-state index contributed by atoms with van der Waals surface area (Å²) in [5.74, 6) is 0.0815.